The van der Waals surface area contributed by atoms with E-state index >= 15 is 0 Å². The van der Waals surface area contributed by atoms with Gasteiger partial charge < -0.3 is 10.1 Å². The summed E-state index contributed by atoms with van der Waals surface area (Å²) in [7, 11) is 3.28. The second kappa shape index (κ2) is 3.44. The topological polar surface area (TPSA) is 38.3 Å². The third kappa shape index (κ3) is 1.33. The van der Waals surface area contributed by atoms with Crippen LogP contribution >= 0.6 is 0 Å². The van der Waals surface area contributed by atoms with Crippen molar-refractivity contribution in [3.63, 3.8) is 0 Å². The van der Waals surface area contributed by atoms with Crippen molar-refractivity contribution >= 4 is 5.97 Å². The fourth-order valence-corrected chi connectivity index (χ4v) is 1.84. The van der Waals surface area contributed by atoms with E-state index in [1.54, 1.807) is 0 Å². The van der Waals surface area contributed by atoms with Crippen molar-refractivity contribution in [2.75, 3.05) is 14.2 Å². The number of ether oxygens (including phenoxy) is 1. The summed E-state index contributed by atoms with van der Waals surface area (Å²) >= 11 is 0. The van der Waals surface area contributed by atoms with E-state index < -0.39 is 5.54 Å². The fraction of sp³-hybridized carbons (Fsp3) is 0.889. The smallest absolute Gasteiger partial charge is 0.326 e. The monoisotopic (exact) mass is 171 g/mol. The Morgan fingerprint density at radius 2 is 2.25 bits per heavy atom. The maximum atomic E-state index is 11.5. The van der Waals surface area contributed by atoms with Crippen molar-refractivity contribution in [2.45, 2.75) is 31.7 Å². The molecule has 0 aromatic carbocycles. The Balaban J connectivity index is 2.74. The summed E-state index contributed by atoms with van der Waals surface area (Å²) in [4.78, 5) is 11.5. The molecule has 0 heterocycles. The summed E-state index contributed by atoms with van der Waals surface area (Å²) in [6, 6.07) is 0. The average Bonchev–Trinajstić information content (AvgIpc) is 2.91. The summed E-state index contributed by atoms with van der Waals surface area (Å²) in [6.45, 7) is 2.02. The molecule has 0 aromatic heterocycles. The van der Waals surface area contributed by atoms with Crippen molar-refractivity contribution in [2.24, 2.45) is 5.92 Å². The normalized spacial score (nSPS) is 21.6. The van der Waals surface area contributed by atoms with E-state index in [-0.39, 0.29) is 5.97 Å². The van der Waals surface area contributed by atoms with Gasteiger partial charge in [-0.25, -0.2) is 0 Å². The summed E-state index contributed by atoms with van der Waals surface area (Å²) in [6.07, 6.45) is 3.09. The van der Waals surface area contributed by atoms with Crippen LogP contribution in [0.3, 0.4) is 0 Å². The van der Waals surface area contributed by atoms with Gasteiger partial charge in [0.2, 0.25) is 0 Å². The molecule has 1 N–H and O–H groups in total. The lowest BCUT2D eigenvalue weighted by Crippen LogP contribution is -2.52. The van der Waals surface area contributed by atoms with Crippen LogP contribution in [0.2, 0.25) is 0 Å². The average molecular weight is 171 g/mol. The quantitative estimate of drug-likeness (QED) is 0.640. The maximum Gasteiger partial charge on any atom is 0.326 e. The lowest BCUT2D eigenvalue weighted by atomic mass is 9.90. The molecule has 0 amide bonds. The van der Waals surface area contributed by atoms with Crippen LogP contribution in [0.1, 0.15) is 26.2 Å². The summed E-state index contributed by atoms with van der Waals surface area (Å²) < 4.78 is 4.80. The Labute approximate surface area is 73.5 Å². The fourth-order valence-electron chi connectivity index (χ4n) is 1.84. The Morgan fingerprint density at radius 1 is 1.67 bits per heavy atom. The third-order valence-corrected chi connectivity index (χ3v) is 2.83. The van der Waals surface area contributed by atoms with E-state index in [0.29, 0.717) is 5.92 Å². The number of hydrogen-bond donors (Lipinski definition) is 1. The van der Waals surface area contributed by atoms with Gasteiger partial charge in [0.25, 0.3) is 0 Å². The Morgan fingerprint density at radius 3 is 2.50 bits per heavy atom. The van der Waals surface area contributed by atoms with Crippen LogP contribution in [0.15, 0.2) is 0 Å². The molecule has 1 unspecified atom stereocenters. The molecule has 1 aliphatic carbocycles. The number of esters is 1. The predicted molar refractivity (Wildman–Crippen MR) is 46.8 cm³/mol. The number of carbonyl (C=O) groups excluding carboxylic acids is 1. The van der Waals surface area contributed by atoms with Crippen molar-refractivity contribution < 1.29 is 9.53 Å². The molecule has 70 valence electrons. The minimum absolute atomic E-state index is 0.116. The summed E-state index contributed by atoms with van der Waals surface area (Å²) in [5.74, 6) is 0.370. The lowest BCUT2D eigenvalue weighted by molar-refractivity contribution is -0.149. The first-order valence-corrected chi connectivity index (χ1v) is 4.48. The SMILES string of the molecule is CCC(NC)(C(=O)OC)C1CC1. The van der Waals surface area contributed by atoms with Gasteiger partial charge >= 0.3 is 5.97 Å². The van der Waals surface area contributed by atoms with Gasteiger partial charge in [-0.15, -0.1) is 0 Å². The highest BCUT2D eigenvalue weighted by molar-refractivity contribution is 5.81. The molecule has 1 rings (SSSR count). The van der Waals surface area contributed by atoms with Crippen LogP contribution in [0, 0.1) is 5.92 Å². The van der Waals surface area contributed by atoms with E-state index in [9.17, 15) is 4.79 Å². The zero-order valence-electron chi connectivity index (χ0n) is 8.02. The largest absolute Gasteiger partial charge is 0.468 e. The second-order valence-electron chi connectivity index (χ2n) is 3.34. The highest BCUT2D eigenvalue weighted by Gasteiger charge is 2.49. The molecule has 0 bridgehead atoms. The number of hydrogen-bond acceptors (Lipinski definition) is 3. The Hall–Kier alpha value is -0.570. The number of rotatable bonds is 4. The van der Waals surface area contributed by atoms with Crippen molar-refractivity contribution in [3.8, 4) is 0 Å². The zero-order valence-corrected chi connectivity index (χ0v) is 8.02. The maximum absolute atomic E-state index is 11.5. The van der Waals surface area contributed by atoms with E-state index in [0.717, 1.165) is 19.3 Å². The van der Waals surface area contributed by atoms with Crippen LogP contribution in [0.5, 0.6) is 0 Å². The Kier molecular flexibility index (Phi) is 2.73. The molecule has 0 aromatic rings. The van der Waals surface area contributed by atoms with Gasteiger partial charge in [0.1, 0.15) is 5.54 Å². The van der Waals surface area contributed by atoms with Gasteiger partial charge in [-0.05, 0) is 32.2 Å². The van der Waals surface area contributed by atoms with Gasteiger partial charge in [0, 0.05) is 0 Å². The second-order valence-corrected chi connectivity index (χ2v) is 3.34. The molecule has 0 spiro atoms. The van der Waals surface area contributed by atoms with Gasteiger partial charge in [0.15, 0.2) is 0 Å². The molecule has 1 atom stereocenters. The van der Waals surface area contributed by atoms with Gasteiger partial charge in [-0.1, -0.05) is 6.92 Å². The third-order valence-electron chi connectivity index (χ3n) is 2.83. The molecule has 0 saturated heterocycles. The molecule has 3 heteroatoms. The van der Waals surface area contributed by atoms with Crippen LogP contribution in [-0.2, 0) is 9.53 Å². The lowest BCUT2D eigenvalue weighted by Gasteiger charge is -2.29. The van der Waals surface area contributed by atoms with E-state index in [1.165, 1.54) is 7.11 Å². The highest BCUT2D eigenvalue weighted by Crippen LogP contribution is 2.41. The molecule has 1 fully saturated rings. The standard InChI is InChI=1S/C9H17NO2/c1-4-9(10-2,7-5-6-7)8(11)12-3/h7,10H,4-6H2,1-3H3. The summed E-state index contributed by atoms with van der Waals surface area (Å²) in [5, 5.41) is 3.10. The minimum atomic E-state index is -0.408. The van der Waals surface area contributed by atoms with Crippen LogP contribution in [0.4, 0.5) is 0 Å². The molecule has 3 nitrogen and oxygen atoms in total. The number of likely N-dealkylation sites (N-methyl/N-ethyl adjacent to an activating group) is 1. The van der Waals surface area contributed by atoms with Crippen LogP contribution in [-0.4, -0.2) is 25.7 Å². The first-order valence-electron chi connectivity index (χ1n) is 4.48. The molecule has 1 saturated carbocycles. The van der Waals surface area contributed by atoms with Crippen LogP contribution in [0.25, 0.3) is 0 Å². The first-order chi connectivity index (χ1) is 5.71. The van der Waals surface area contributed by atoms with Crippen molar-refractivity contribution in [3.05, 3.63) is 0 Å². The molecule has 1 aliphatic rings. The first kappa shape index (κ1) is 9.52. The predicted octanol–water partition coefficient (Wildman–Crippen LogP) is 0.938. The van der Waals surface area contributed by atoms with E-state index in [4.69, 9.17) is 4.74 Å². The molecular formula is C9H17NO2. The number of nitrogens with one attached hydrogen (secondary N) is 1. The molecule has 0 aliphatic heterocycles. The number of methoxy groups -OCH3 is 1. The molecule has 12 heavy (non-hydrogen) atoms. The van der Waals surface area contributed by atoms with Gasteiger partial charge in [0.05, 0.1) is 7.11 Å². The molecule has 0 radical (unpaired) electrons. The van der Waals surface area contributed by atoms with Gasteiger partial charge in [-0.2, -0.15) is 0 Å². The van der Waals surface area contributed by atoms with Crippen LogP contribution < -0.4 is 5.32 Å². The summed E-state index contributed by atoms with van der Waals surface area (Å²) in [5.41, 5.74) is -0.408. The zero-order chi connectivity index (χ0) is 9.19. The molecular weight excluding hydrogens is 154 g/mol. The number of carbonyl (C=O) groups is 1. The minimum Gasteiger partial charge on any atom is -0.468 e. The van der Waals surface area contributed by atoms with Crippen molar-refractivity contribution in [1.82, 2.24) is 5.32 Å². The van der Waals surface area contributed by atoms with E-state index in [1.807, 2.05) is 14.0 Å². The Bertz CT molecular complexity index is 171. The highest BCUT2D eigenvalue weighted by atomic mass is 16.5. The van der Waals surface area contributed by atoms with Crippen molar-refractivity contribution in [1.29, 1.82) is 0 Å². The van der Waals surface area contributed by atoms with Gasteiger partial charge in [-0.3, -0.25) is 4.79 Å². The van der Waals surface area contributed by atoms with E-state index in [2.05, 4.69) is 5.32 Å².